The van der Waals surface area contributed by atoms with E-state index >= 15 is 0 Å². The van der Waals surface area contributed by atoms with E-state index in [1.54, 1.807) is 18.2 Å². The number of ether oxygens (including phenoxy) is 2. The Balaban J connectivity index is 2.01. The molecule has 0 atom stereocenters. The predicted molar refractivity (Wildman–Crippen MR) is 119 cm³/mol. The number of carbonyl (C=O) groups is 3. The molecule has 0 aromatic heterocycles. The maximum Gasteiger partial charge on any atom is 0.308 e. The number of halogens is 2. The molecule has 0 radical (unpaired) electrons. The molecule has 0 saturated carbocycles. The van der Waals surface area contributed by atoms with Crippen molar-refractivity contribution in [2.24, 2.45) is 4.99 Å². The summed E-state index contributed by atoms with van der Waals surface area (Å²) in [6.45, 7) is 2.53. The second kappa shape index (κ2) is 9.44. The van der Waals surface area contributed by atoms with E-state index in [1.165, 1.54) is 45.2 Å². The normalized spacial score (nSPS) is 16.2. The highest BCUT2D eigenvalue weighted by Gasteiger charge is 2.36. The molecule has 1 fully saturated rings. The lowest BCUT2D eigenvalue weighted by molar-refractivity contribution is -0.135. The third-order valence-corrected chi connectivity index (χ3v) is 5.65. The maximum atomic E-state index is 13.1. The number of hydrogen-bond acceptors (Lipinski definition) is 7. The first-order chi connectivity index (χ1) is 14.7. The zero-order chi connectivity index (χ0) is 22.7. The van der Waals surface area contributed by atoms with Gasteiger partial charge in [0, 0.05) is 18.3 Å². The molecule has 2 amide bonds. The highest BCUT2D eigenvalue weighted by atomic mass is 79.9. The largest absolute Gasteiger partial charge is 0.493 e. The Morgan fingerprint density at radius 3 is 2.42 bits per heavy atom. The lowest BCUT2D eigenvalue weighted by Gasteiger charge is -2.11. The van der Waals surface area contributed by atoms with Crippen LogP contribution in [0.3, 0.4) is 0 Å². The molecule has 2 aromatic carbocycles. The van der Waals surface area contributed by atoms with Gasteiger partial charge in [0.25, 0.3) is 5.91 Å². The summed E-state index contributed by atoms with van der Waals surface area (Å²) in [4.78, 5) is 41.7. The van der Waals surface area contributed by atoms with Crippen LogP contribution in [0, 0.1) is 5.82 Å². The molecule has 0 unspecified atom stereocenters. The first-order valence-corrected chi connectivity index (χ1v) is 10.5. The summed E-state index contributed by atoms with van der Waals surface area (Å²) in [6.07, 6.45) is 1.57. The predicted octanol–water partition coefficient (Wildman–Crippen LogP) is 4.67. The maximum absolute atomic E-state index is 13.1. The molecule has 1 aliphatic heterocycles. The van der Waals surface area contributed by atoms with Crippen molar-refractivity contribution in [3.8, 4) is 11.5 Å². The first kappa shape index (κ1) is 22.7. The summed E-state index contributed by atoms with van der Waals surface area (Å²) < 4.78 is 24.1. The van der Waals surface area contributed by atoms with Crippen LogP contribution in [0.25, 0.3) is 6.08 Å². The molecule has 1 aliphatic rings. The van der Waals surface area contributed by atoms with Crippen molar-refractivity contribution >= 4 is 62.4 Å². The Labute approximate surface area is 190 Å². The van der Waals surface area contributed by atoms with Gasteiger partial charge in [-0.1, -0.05) is 15.9 Å². The molecule has 2 aromatic rings. The first-order valence-electron chi connectivity index (χ1n) is 8.84. The molecule has 0 bridgehead atoms. The van der Waals surface area contributed by atoms with Gasteiger partial charge in [-0.05, 0) is 59.8 Å². The number of thioether (sulfide) groups is 1. The minimum atomic E-state index is -0.534. The molecule has 3 rings (SSSR count). The summed E-state index contributed by atoms with van der Waals surface area (Å²) >= 11 is 4.40. The third-order valence-electron chi connectivity index (χ3n) is 4.00. The standard InChI is InChI=1S/C21H16BrFN2O5S/c1-11(26)25-20(28)19(31-21(25)24-15-6-4-14(23)5-7-15)9-13-8-17(29-3)18(10-16(13)22)30-12(2)27/h4-10H,1-3H3/b19-9-,24-21?. The van der Waals surface area contributed by atoms with E-state index in [9.17, 15) is 18.8 Å². The van der Waals surface area contributed by atoms with E-state index in [2.05, 4.69) is 20.9 Å². The van der Waals surface area contributed by atoms with Crippen molar-refractivity contribution in [1.29, 1.82) is 0 Å². The minimum Gasteiger partial charge on any atom is -0.493 e. The number of methoxy groups -OCH3 is 1. The monoisotopic (exact) mass is 506 g/mol. The van der Waals surface area contributed by atoms with Gasteiger partial charge in [0.05, 0.1) is 17.7 Å². The number of benzene rings is 2. The van der Waals surface area contributed by atoms with Crippen LogP contribution in [0.4, 0.5) is 10.1 Å². The number of aliphatic imine (C=N–C) groups is 1. The zero-order valence-electron chi connectivity index (χ0n) is 16.6. The van der Waals surface area contributed by atoms with Crippen molar-refractivity contribution in [2.75, 3.05) is 7.11 Å². The lowest BCUT2D eigenvalue weighted by atomic mass is 10.2. The fraction of sp³-hybridized carbons (Fsp3) is 0.143. The van der Waals surface area contributed by atoms with Gasteiger partial charge < -0.3 is 9.47 Å². The van der Waals surface area contributed by atoms with E-state index in [4.69, 9.17) is 9.47 Å². The smallest absolute Gasteiger partial charge is 0.308 e. The van der Waals surface area contributed by atoms with Crippen molar-refractivity contribution in [3.63, 3.8) is 0 Å². The Hall–Kier alpha value is -2.98. The number of esters is 1. The summed E-state index contributed by atoms with van der Waals surface area (Å²) in [7, 11) is 1.42. The van der Waals surface area contributed by atoms with Gasteiger partial charge in [-0.2, -0.15) is 0 Å². The quantitative estimate of drug-likeness (QED) is 0.340. The Kier molecular flexibility index (Phi) is 6.91. The molecule has 10 heteroatoms. The topological polar surface area (TPSA) is 85.3 Å². The van der Waals surface area contributed by atoms with Gasteiger partial charge >= 0.3 is 5.97 Å². The summed E-state index contributed by atoms with van der Waals surface area (Å²) in [5.41, 5.74) is 0.966. The lowest BCUT2D eigenvalue weighted by Crippen LogP contribution is -2.33. The van der Waals surface area contributed by atoms with Gasteiger partial charge in [-0.15, -0.1) is 0 Å². The van der Waals surface area contributed by atoms with Crippen LogP contribution in [0.15, 0.2) is 50.8 Å². The zero-order valence-corrected chi connectivity index (χ0v) is 19.0. The molecule has 7 nitrogen and oxygen atoms in total. The SMILES string of the molecule is COc1cc(/C=C2\SC(=Nc3ccc(F)cc3)N(C(C)=O)C2=O)c(Br)cc1OC(C)=O. The Bertz CT molecular complexity index is 1130. The molecule has 160 valence electrons. The fourth-order valence-electron chi connectivity index (χ4n) is 2.65. The summed E-state index contributed by atoms with van der Waals surface area (Å²) in [5, 5.41) is 0.162. The van der Waals surface area contributed by atoms with Crippen molar-refractivity contribution < 1.29 is 28.2 Å². The summed E-state index contributed by atoms with van der Waals surface area (Å²) in [6, 6.07) is 8.52. The number of carbonyl (C=O) groups excluding carboxylic acids is 3. The van der Waals surface area contributed by atoms with Crippen molar-refractivity contribution in [1.82, 2.24) is 4.90 Å². The fourth-order valence-corrected chi connectivity index (χ4v) is 4.10. The number of amides is 2. The van der Waals surface area contributed by atoms with Gasteiger partial charge in [0.15, 0.2) is 16.7 Å². The van der Waals surface area contributed by atoms with E-state index in [1.807, 2.05) is 0 Å². The van der Waals surface area contributed by atoms with Crippen LogP contribution in [-0.2, 0) is 14.4 Å². The van der Waals surface area contributed by atoms with Crippen molar-refractivity contribution in [3.05, 3.63) is 57.2 Å². The molecule has 31 heavy (non-hydrogen) atoms. The second-order valence-corrected chi connectivity index (χ2v) is 8.12. The van der Waals surface area contributed by atoms with Gasteiger partial charge in [0.2, 0.25) is 5.91 Å². The van der Waals surface area contributed by atoms with Crippen LogP contribution in [-0.4, -0.2) is 35.0 Å². The second-order valence-electron chi connectivity index (χ2n) is 6.26. The molecule has 0 spiro atoms. The molecule has 1 saturated heterocycles. The minimum absolute atomic E-state index is 0.162. The van der Waals surface area contributed by atoms with E-state index in [-0.39, 0.29) is 15.8 Å². The van der Waals surface area contributed by atoms with E-state index in [0.717, 1.165) is 16.7 Å². The highest BCUT2D eigenvalue weighted by molar-refractivity contribution is 9.10. The number of rotatable bonds is 4. The van der Waals surface area contributed by atoms with Gasteiger partial charge in [0.1, 0.15) is 5.82 Å². The number of hydrogen-bond donors (Lipinski definition) is 0. The molecule has 1 heterocycles. The number of amidine groups is 1. The average molecular weight is 507 g/mol. The van der Waals surface area contributed by atoms with Gasteiger partial charge in [-0.25, -0.2) is 14.3 Å². The number of nitrogens with zero attached hydrogens (tertiary/aromatic N) is 2. The molecular formula is C21H16BrFN2O5S. The van der Waals surface area contributed by atoms with Crippen LogP contribution < -0.4 is 9.47 Å². The highest BCUT2D eigenvalue weighted by Crippen LogP contribution is 2.38. The van der Waals surface area contributed by atoms with Crippen LogP contribution >= 0.6 is 27.7 Å². The molecular weight excluding hydrogens is 491 g/mol. The Morgan fingerprint density at radius 2 is 1.84 bits per heavy atom. The molecule has 0 N–H and O–H groups in total. The summed E-state index contributed by atoms with van der Waals surface area (Å²) in [5.74, 6) is -1.43. The van der Waals surface area contributed by atoms with E-state index < -0.39 is 23.6 Å². The van der Waals surface area contributed by atoms with Crippen LogP contribution in [0.1, 0.15) is 19.4 Å². The van der Waals surface area contributed by atoms with Crippen molar-refractivity contribution in [2.45, 2.75) is 13.8 Å². The van der Waals surface area contributed by atoms with Crippen LogP contribution in [0.2, 0.25) is 0 Å². The average Bonchev–Trinajstić information content (AvgIpc) is 3.00. The molecule has 0 aliphatic carbocycles. The third kappa shape index (κ3) is 5.20. The Morgan fingerprint density at radius 1 is 1.16 bits per heavy atom. The van der Waals surface area contributed by atoms with E-state index in [0.29, 0.717) is 21.5 Å². The number of imide groups is 1. The van der Waals surface area contributed by atoms with Crippen LogP contribution in [0.5, 0.6) is 11.5 Å². The van der Waals surface area contributed by atoms with Gasteiger partial charge in [-0.3, -0.25) is 14.4 Å².